The maximum Gasteiger partial charge on any atom is 0.263 e. The van der Waals surface area contributed by atoms with Gasteiger partial charge in [0.2, 0.25) is 5.95 Å². The van der Waals surface area contributed by atoms with E-state index in [-0.39, 0.29) is 5.95 Å². The van der Waals surface area contributed by atoms with Crippen molar-refractivity contribution < 1.29 is 9.18 Å². The Hall–Kier alpha value is -1.39. The number of nitrogens with one attached hydrogen (secondary N) is 2. The van der Waals surface area contributed by atoms with Crippen LogP contribution in [-0.4, -0.2) is 21.5 Å². The van der Waals surface area contributed by atoms with Gasteiger partial charge in [-0.2, -0.15) is 0 Å². The Kier molecular flexibility index (Phi) is 2.36. The molecule has 0 unspecified atom stereocenters. The number of nitrogens with zero attached hydrogens (tertiary/aromatic N) is 1. The molecule has 0 fully saturated rings. The highest BCUT2D eigenvalue weighted by Crippen LogP contribution is 2.11. The zero-order valence-electron chi connectivity index (χ0n) is 7.81. The number of H-pyrrole nitrogens is 1. The number of imidazole rings is 1. The van der Waals surface area contributed by atoms with Crippen LogP contribution in [0.15, 0.2) is 6.20 Å². The van der Waals surface area contributed by atoms with Crippen molar-refractivity contribution in [2.75, 3.05) is 5.32 Å². The van der Waals surface area contributed by atoms with Gasteiger partial charge in [0.15, 0.2) is 5.67 Å². The molecule has 0 saturated heterocycles. The molecule has 1 aromatic heterocycles. The molecule has 0 aliphatic carbocycles. The van der Waals surface area contributed by atoms with E-state index in [2.05, 4.69) is 15.3 Å². The van der Waals surface area contributed by atoms with E-state index in [9.17, 15) is 9.18 Å². The second-order valence-corrected chi connectivity index (χ2v) is 3.34. The van der Waals surface area contributed by atoms with Gasteiger partial charge in [-0.1, -0.05) is 0 Å². The lowest BCUT2D eigenvalue weighted by Crippen LogP contribution is -2.32. The number of hydrogen-bond acceptors (Lipinski definition) is 2. The first-order chi connectivity index (χ1) is 5.89. The van der Waals surface area contributed by atoms with Crippen LogP contribution in [-0.2, 0) is 4.79 Å². The van der Waals surface area contributed by atoms with Crippen molar-refractivity contribution in [1.82, 2.24) is 9.97 Å². The van der Waals surface area contributed by atoms with Crippen molar-refractivity contribution in [3.63, 3.8) is 0 Å². The van der Waals surface area contributed by atoms with Crippen molar-refractivity contribution in [2.24, 2.45) is 0 Å². The average Bonchev–Trinajstić information content (AvgIpc) is 2.33. The van der Waals surface area contributed by atoms with Gasteiger partial charge in [-0.05, 0) is 20.8 Å². The summed E-state index contributed by atoms with van der Waals surface area (Å²) in [6.45, 7) is 4.18. The van der Waals surface area contributed by atoms with Gasteiger partial charge in [-0.25, -0.2) is 9.37 Å². The van der Waals surface area contributed by atoms with E-state index in [4.69, 9.17) is 0 Å². The van der Waals surface area contributed by atoms with Gasteiger partial charge in [-0.3, -0.25) is 10.1 Å². The Morgan fingerprint density at radius 3 is 2.69 bits per heavy atom. The first-order valence-corrected chi connectivity index (χ1v) is 3.91. The smallest absolute Gasteiger partial charge is 0.263 e. The second kappa shape index (κ2) is 3.16. The summed E-state index contributed by atoms with van der Waals surface area (Å²) >= 11 is 0. The van der Waals surface area contributed by atoms with Gasteiger partial charge in [0.05, 0.1) is 0 Å². The predicted molar refractivity (Wildman–Crippen MR) is 47.1 cm³/mol. The van der Waals surface area contributed by atoms with Gasteiger partial charge in [-0.15, -0.1) is 0 Å². The molecule has 0 bridgehead atoms. The molecule has 2 N–H and O–H groups in total. The van der Waals surface area contributed by atoms with Gasteiger partial charge in [0.25, 0.3) is 5.91 Å². The molecule has 0 aliphatic heterocycles. The van der Waals surface area contributed by atoms with E-state index in [1.807, 2.05) is 0 Å². The van der Waals surface area contributed by atoms with Crippen LogP contribution in [0, 0.1) is 6.92 Å². The number of amides is 1. The minimum absolute atomic E-state index is 0.272. The van der Waals surface area contributed by atoms with Crippen LogP contribution < -0.4 is 5.32 Å². The molecule has 0 atom stereocenters. The van der Waals surface area contributed by atoms with E-state index >= 15 is 0 Å². The third-order valence-electron chi connectivity index (χ3n) is 1.47. The number of halogens is 1. The van der Waals surface area contributed by atoms with Crippen molar-refractivity contribution in [1.29, 1.82) is 0 Å². The number of carbonyl (C=O) groups is 1. The fourth-order valence-corrected chi connectivity index (χ4v) is 0.732. The van der Waals surface area contributed by atoms with E-state index < -0.39 is 11.6 Å². The topological polar surface area (TPSA) is 57.8 Å². The lowest BCUT2D eigenvalue weighted by atomic mass is 10.1. The number of alkyl halides is 1. The van der Waals surface area contributed by atoms with Crippen molar-refractivity contribution in [2.45, 2.75) is 26.4 Å². The molecule has 1 heterocycles. The molecule has 0 spiro atoms. The van der Waals surface area contributed by atoms with Crippen LogP contribution in [0.5, 0.6) is 0 Å². The molecule has 4 nitrogen and oxygen atoms in total. The Balaban J connectivity index is 2.65. The van der Waals surface area contributed by atoms with Crippen molar-refractivity contribution in [3.8, 4) is 0 Å². The van der Waals surface area contributed by atoms with Gasteiger partial charge in [0.1, 0.15) is 0 Å². The first-order valence-electron chi connectivity index (χ1n) is 3.91. The number of aromatic amines is 1. The lowest BCUT2D eigenvalue weighted by molar-refractivity contribution is -0.125. The molecule has 1 rings (SSSR count). The maximum absolute atomic E-state index is 13.0. The molecule has 1 aromatic rings. The second-order valence-electron chi connectivity index (χ2n) is 3.34. The van der Waals surface area contributed by atoms with Crippen molar-refractivity contribution >= 4 is 11.9 Å². The molecular formula is C8H12FN3O. The Bertz CT molecular complexity index is 313. The normalized spacial score (nSPS) is 11.4. The van der Waals surface area contributed by atoms with Crippen LogP contribution in [0.2, 0.25) is 0 Å². The number of anilines is 1. The zero-order valence-corrected chi connectivity index (χ0v) is 7.81. The largest absolute Gasteiger partial charge is 0.328 e. The van der Waals surface area contributed by atoms with Crippen LogP contribution in [0.3, 0.4) is 0 Å². The Labute approximate surface area is 75.6 Å². The fraction of sp³-hybridized carbons (Fsp3) is 0.500. The van der Waals surface area contributed by atoms with Crippen molar-refractivity contribution in [3.05, 3.63) is 11.9 Å². The van der Waals surface area contributed by atoms with E-state index in [0.717, 1.165) is 5.69 Å². The monoisotopic (exact) mass is 185 g/mol. The summed E-state index contributed by atoms with van der Waals surface area (Å²) in [5, 5.41) is 2.32. The molecule has 0 radical (unpaired) electrons. The van der Waals surface area contributed by atoms with Gasteiger partial charge >= 0.3 is 0 Å². The molecule has 0 saturated carbocycles. The first kappa shape index (κ1) is 9.70. The molecule has 0 aliphatic rings. The summed E-state index contributed by atoms with van der Waals surface area (Å²) in [5.74, 6) is -0.435. The number of rotatable bonds is 2. The van der Waals surface area contributed by atoms with Crippen LogP contribution >= 0.6 is 0 Å². The summed E-state index contributed by atoms with van der Waals surface area (Å²) in [4.78, 5) is 17.7. The summed E-state index contributed by atoms with van der Waals surface area (Å²) in [7, 11) is 0. The summed E-state index contributed by atoms with van der Waals surface area (Å²) in [5.41, 5.74) is -1.08. The minimum Gasteiger partial charge on any atom is -0.328 e. The van der Waals surface area contributed by atoms with Crippen LogP contribution in [0.4, 0.5) is 10.3 Å². The highest BCUT2D eigenvalue weighted by Gasteiger charge is 2.26. The Morgan fingerprint density at radius 2 is 2.31 bits per heavy atom. The molecule has 5 heteroatoms. The number of carbonyl (C=O) groups excluding carboxylic acids is 1. The van der Waals surface area contributed by atoms with E-state index in [1.165, 1.54) is 13.8 Å². The number of aromatic nitrogens is 2. The summed E-state index contributed by atoms with van der Waals surface area (Å²) < 4.78 is 13.0. The lowest BCUT2D eigenvalue weighted by Gasteiger charge is -2.11. The average molecular weight is 185 g/mol. The minimum atomic E-state index is -1.89. The third kappa shape index (κ3) is 2.54. The fourth-order valence-electron chi connectivity index (χ4n) is 0.732. The van der Waals surface area contributed by atoms with Crippen LogP contribution in [0.25, 0.3) is 0 Å². The molecule has 1 amide bonds. The van der Waals surface area contributed by atoms with E-state index in [0.29, 0.717) is 0 Å². The van der Waals surface area contributed by atoms with Gasteiger partial charge in [0, 0.05) is 11.9 Å². The molecule has 13 heavy (non-hydrogen) atoms. The standard InChI is InChI=1S/C8H12FN3O/c1-5-4-10-7(11-5)12-6(13)8(2,3)9/h4H,1-3H3,(H2,10,11,12,13). The quantitative estimate of drug-likeness (QED) is 0.731. The summed E-state index contributed by atoms with van der Waals surface area (Å²) in [6, 6.07) is 0. The molecule has 0 aromatic carbocycles. The van der Waals surface area contributed by atoms with Gasteiger partial charge < -0.3 is 4.98 Å². The SMILES string of the molecule is Cc1cnc(NC(=O)C(C)(C)F)[nH]1. The number of hydrogen-bond donors (Lipinski definition) is 2. The highest BCUT2D eigenvalue weighted by molar-refractivity contribution is 5.95. The predicted octanol–water partition coefficient (Wildman–Crippen LogP) is 1.40. The number of aryl methyl sites for hydroxylation is 1. The summed E-state index contributed by atoms with van der Waals surface area (Å²) in [6.07, 6.45) is 1.56. The third-order valence-corrected chi connectivity index (χ3v) is 1.47. The molecular weight excluding hydrogens is 173 g/mol. The Morgan fingerprint density at radius 1 is 1.69 bits per heavy atom. The van der Waals surface area contributed by atoms with Crippen LogP contribution in [0.1, 0.15) is 19.5 Å². The highest BCUT2D eigenvalue weighted by atomic mass is 19.1. The maximum atomic E-state index is 13.0. The molecule has 72 valence electrons. The zero-order chi connectivity index (χ0) is 10.1. The van der Waals surface area contributed by atoms with E-state index in [1.54, 1.807) is 13.1 Å².